The number of anilines is 2. The third-order valence-electron chi connectivity index (χ3n) is 2.09. The SMILES string of the molecule is COc1cc(Br)cc(Nc2cccc(Cl)n2)c1. The summed E-state index contributed by atoms with van der Waals surface area (Å²) < 4.78 is 6.11. The summed E-state index contributed by atoms with van der Waals surface area (Å²) in [7, 11) is 1.63. The van der Waals surface area contributed by atoms with Gasteiger partial charge in [0.2, 0.25) is 0 Å². The summed E-state index contributed by atoms with van der Waals surface area (Å²) in [6, 6.07) is 11.1. The predicted molar refractivity (Wildman–Crippen MR) is 73.2 cm³/mol. The topological polar surface area (TPSA) is 34.1 Å². The molecular weight excluding hydrogens is 304 g/mol. The van der Waals surface area contributed by atoms with Crippen LogP contribution in [0.25, 0.3) is 0 Å². The van der Waals surface area contributed by atoms with Crippen molar-refractivity contribution in [1.29, 1.82) is 0 Å². The molecule has 88 valence electrons. The van der Waals surface area contributed by atoms with E-state index < -0.39 is 0 Å². The Morgan fingerprint density at radius 3 is 2.82 bits per heavy atom. The van der Waals surface area contributed by atoms with Crippen molar-refractivity contribution >= 4 is 39.0 Å². The molecule has 1 aromatic heterocycles. The van der Waals surface area contributed by atoms with Crippen molar-refractivity contribution in [2.45, 2.75) is 0 Å². The zero-order valence-electron chi connectivity index (χ0n) is 9.08. The van der Waals surface area contributed by atoms with Crippen LogP contribution in [0.5, 0.6) is 5.75 Å². The molecule has 0 saturated carbocycles. The van der Waals surface area contributed by atoms with Gasteiger partial charge >= 0.3 is 0 Å². The van der Waals surface area contributed by atoms with Gasteiger partial charge in [0.15, 0.2) is 0 Å². The van der Waals surface area contributed by atoms with E-state index in [0.717, 1.165) is 15.9 Å². The number of hydrogen-bond donors (Lipinski definition) is 1. The summed E-state index contributed by atoms with van der Waals surface area (Å²) in [6.45, 7) is 0. The van der Waals surface area contributed by atoms with Gasteiger partial charge in [-0.2, -0.15) is 0 Å². The molecule has 0 saturated heterocycles. The Bertz CT molecular complexity index is 534. The smallest absolute Gasteiger partial charge is 0.132 e. The standard InChI is InChI=1S/C12H10BrClN2O/c1-17-10-6-8(13)5-9(7-10)15-12-4-2-3-11(14)16-12/h2-7H,1H3,(H,15,16). The molecule has 0 atom stereocenters. The third kappa shape index (κ3) is 3.35. The fourth-order valence-corrected chi connectivity index (χ4v) is 2.01. The lowest BCUT2D eigenvalue weighted by Gasteiger charge is -2.08. The van der Waals surface area contributed by atoms with Crippen molar-refractivity contribution in [1.82, 2.24) is 4.98 Å². The Morgan fingerprint density at radius 1 is 1.29 bits per heavy atom. The first-order chi connectivity index (χ1) is 8.17. The van der Waals surface area contributed by atoms with E-state index in [1.807, 2.05) is 30.3 Å². The maximum absolute atomic E-state index is 5.82. The first-order valence-electron chi connectivity index (χ1n) is 4.91. The van der Waals surface area contributed by atoms with E-state index in [9.17, 15) is 0 Å². The quantitative estimate of drug-likeness (QED) is 0.860. The van der Waals surface area contributed by atoms with E-state index in [2.05, 4.69) is 26.2 Å². The van der Waals surface area contributed by atoms with E-state index in [-0.39, 0.29) is 0 Å². The van der Waals surface area contributed by atoms with Gasteiger partial charge in [-0.1, -0.05) is 33.6 Å². The van der Waals surface area contributed by atoms with Crippen LogP contribution in [-0.2, 0) is 0 Å². The van der Waals surface area contributed by atoms with Gasteiger partial charge in [0.1, 0.15) is 16.7 Å². The number of aromatic nitrogens is 1. The predicted octanol–water partition coefficient (Wildman–Crippen LogP) is 4.25. The Balaban J connectivity index is 2.26. The van der Waals surface area contributed by atoms with Crippen molar-refractivity contribution < 1.29 is 4.74 Å². The van der Waals surface area contributed by atoms with Gasteiger partial charge in [0.25, 0.3) is 0 Å². The lowest BCUT2D eigenvalue weighted by molar-refractivity contribution is 0.415. The number of ether oxygens (including phenoxy) is 1. The van der Waals surface area contributed by atoms with Gasteiger partial charge in [-0.15, -0.1) is 0 Å². The molecule has 0 spiro atoms. The van der Waals surface area contributed by atoms with Crippen LogP contribution in [0.15, 0.2) is 40.9 Å². The molecule has 1 aromatic carbocycles. The minimum Gasteiger partial charge on any atom is -0.497 e. The van der Waals surface area contributed by atoms with Crippen LogP contribution in [0.3, 0.4) is 0 Å². The third-order valence-corrected chi connectivity index (χ3v) is 2.76. The molecule has 0 fully saturated rings. The minimum atomic E-state index is 0.456. The molecule has 5 heteroatoms. The maximum atomic E-state index is 5.82. The van der Waals surface area contributed by atoms with E-state index in [0.29, 0.717) is 11.0 Å². The first kappa shape index (κ1) is 12.2. The summed E-state index contributed by atoms with van der Waals surface area (Å²) in [5, 5.41) is 3.61. The number of rotatable bonds is 3. The van der Waals surface area contributed by atoms with E-state index in [1.165, 1.54) is 0 Å². The normalized spacial score (nSPS) is 10.1. The fraction of sp³-hybridized carbons (Fsp3) is 0.0833. The molecule has 17 heavy (non-hydrogen) atoms. The second kappa shape index (κ2) is 5.38. The Kier molecular flexibility index (Phi) is 3.86. The van der Waals surface area contributed by atoms with Crippen LogP contribution in [0, 0.1) is 0 Å². The Labute approximate surface area is 113 Å². The molecular formula is C12H10BrClN2O. The Hall–Kier alpha value is -1.26. The average Bonchev–Trinajstić information content (AvgIpc) is 2.28. The van der Waals surface area contributed by atoms with E-state index >= 15 is 0 Å². The highest BCUT2D eigenvalue weighted by molar-refractivity contribution is 9.10. The summed E-state index contributed by atoms with van der Waals surface area (Å²) in [6.07, 6.45) is 0. The second-order valence-electron chi connectivity index (χ2n) is 3.35. The molecule has 0 aliphatic carbocycles. The zero-order valence-corrected chi connectivity index (χ0v) is 11.4. The maximum Gasteiger partial charge on any atom is 0.132 e. The number of methoxy groups -OCH3 is 1. The summed E-state index contributed by atoms with van der Waals surface area (Å²) in [5.41, 5.74) is 0.881. The number of pyridine rings is 1. The average molecular weight is 314 g/mol. The van der Waals surface area contributed by atoms with Gasteiger partial charge in [-0.25, -0.2) is 4.98 Å². The van der Waals surface area contributed by atoms with Gasteiger partial charge in [-0.3, -0.25) is 0 Å². The van der Waals surface area contributed by atoms with Gasteiger partial charge < -0.3 is 10.1 Å². The highest BCUT2D eigenvalue weighted by atomic mass is 79.9. The lowest BCUT2D eigenvalue weighted by Crippen LogP contribution is -1.94. The zero-order chi connectivity index (χ0) is 12.3. The first-order valence-corrected chi connectivity index (χ1v) is 6.08. The molecule has 0 radical (unpaired) electrons. The fourth-order valence-electron chi connectivity index (χ4n) is 1.38. The lowest BCUT2D eigenvalue weighted by atomic mass is 10.3. The van der Waals surface area contributed by atoms with Crippen LogP contribution in [-0.4, -0.2) is 12.1 Å². The number of nitrogens with one attached hydrogen (secondary N) is 1. The molecule has 0 aliphatic heterocycles. The molecule has 2 aromatic rings. The molecule has 1 heterocycles. The Morgan fingerprint density at radius 2 is 2.12 bits per heavy atom. The van der Waals surface area contributed by atoms with Crippen LogP contribution >= 0.6 is 27.5 Å². The van der Waals surface area contributed by atoms with Crippen LogP contribution in [0.1, 0.15) is 0 Å². The largest absolute Gasteiger partial charge is 0.497 e. The van der Waals surface area contributed by atoms with E-state index in [1.54, 1.807) is 13.2 Å². The van der Waals surface area contributed by atoms with Crippen molar-refractivity contribution in [2.75, 3.05) is 12.4 Å². The van der Waals surface area contributed by atoms with Crippen molar-refractivity contribution in [2.24, 2.45) is 0 Å². The summed E-state index contributed by atoms with van der Waals surface area (Å²) in [5.74, 6) is 1.46. The molecule has 2 rings (SSSR count). The number of halogens is 2. The molecule has 0 aliphatic rings. The van der Waals surface area contributed by atoms with Crippen molar-refractivity contribution in [3.63, 3.8) is 0 Å². The summed E-state index contributed by atoms with van der Waals surface area (Å²) in [4.78, 5) is 4.15. The van der Waals surface area contributed by atoms with Crippen LogP contribution in [0.2, 0.25) is 5.15 Å². The molecule has 0 amide bonds. The van der Waals surface area contributed by atoms with Gasteiger partial charge in [-0.05, 0) is 24.3 Å². The van der Waals surface area contributed by atoms with Gasteiger partial charge in [0.05, 0.1) is 7.11 Å². The molecule has 0 bridgehead atoms. The number of hydrogen-bond acceptors (Lipinski definition) is 3. The van der Waals surface area contributed by atoms with Crippen molar-refractivity contribution in [3.05, 3.63) is 46.0 Å². The van der Waals surface area contributed by atoms with E-state index in [4.69, 9.17) is 16.3 Å². The van der Waals surface area contributed by atoms with Gasteiger partial charge in [0, 0.05) is 16.2 Å². The number of benzene rings is 1. The van der Waals surface area contributed by atoms with Crippen molar-refractivity contribution in [3.8, 4) is 5.75 Å². The highest BCUT2D eigenvalue weighted by Gasteiger charge is 2.01. The van der Waals surface area contributed by atoms with Crippen LogP contribution < -0.4 is 10.1 Å². The monoisotopic (exact) mass is 312 g/mol. The number of nitrogens with zero attached hydrogens (tertiary/aromatic N) is 1. The van der Waals surface area contributed by atoms with Crippen LogP contribution in [0.4, 0.5) is 11.5 Å². The second-order valence-corrected chi connectivity index (χ2v) is 4.65. The molecule has 3 nitrogen and oxygen atoms in total. The molecule has 0 unspecified atom stereocenters. The highest BCUT2D eigenvalue weighted by Crippen LogP contribution is 2.26. The minimum absolute atomic E-state index is 0.456. The molecule has 1 N–H and O–H groups in total. The summed E-state index contributed by atoms with van der Waals surface area (Å²) >= 11 is 9.23.